The second-order valence-corrected chi connectivity index (χ2v) is 4.81. The molecule has 0 saturated carbocycles. The lowest BCUT2D eigenvalue weighted by Crippen LogP contribution is -2.58. The summed E-state index contributed by atoms with van der Waals surface area (Å²) < 4.78 is 5.10. The summed E-state index contributed by atoms with van der Waals surface area (Å²) in [5.41, 5.74) is 1.25. The number of carbonyl (C=O) groups is 1. The van der Waals surface area contributed by atoms with Crippen LogP contribution in [0.3, 0.4) is 0 Å². The van der Waals surface area contributed by atoms with Crippen molar-refractivity contribution < 1.29 is 9.53 Å². The van der Waals surface area contributed by atoms with E-state index in [2.05, 4.69) is 12.1 Å². The molecule has 0 aliphatic carbocycles. The second kappa shape index (κ2) is 4.46. The van der Waals surface area contributed by atoms with Crippen LogP contribution in [0.1, 0.15) is 25.3 Å². The zero-order valence-corrected chi connectivity index (χ0v) is 10.0. The van der Waals surface area contributed by atoms with Crippen LogP contribution in [0.5, 0.6) is 0 Å². The van der Waals surface area contributed by atoms with E-state index in [0.717, 1.165) is 12.8 Å². The van der Waals surface area contributed by atoms with Crippen LogP contribution in [0.2, 0.25) is 0 Å². The van der Waals surface area contributed by atoms with Crippen molar-refractivity contribution in [2.24, 2.45) is 0 Å². The van der Waals surface area contributed by atoms with Crippen molar-refractivity contribution in [3.63, 3.8) is 0 Å². The Kier molecular flexibility index (Phi) is 3.20. The van der Waals surface area contributed by atoms with Crippen molar-refractivity contribution in [2.75, 3.05) is 0 Å². The Hall–Kier alpha value is -1.02. The summed E-state index contributed by atoms with van der Waals surface area (Å²) in [7, 11) is 0. The molecule has 0 amide bonds. The van der Waals surface area contributed by atoms with Gasteiger partial charge in [-0.05, 0) is 24.8 Å². The summed E-state index contributed by atoms with van der Waals surface area (Å²) >= 11 is 6.20. The minimum absolute atomic E-state index is 0.133. The van der Waals surface area contributed by atoms with E-state index < -0.39 is 4.87 Å². The fraction of sp³-hybridized carbons (Fsp3) is 0.462. The molecule has 0 N–H and O–H groups in total. The van der Waals surface area contributed by atoms with Gasteiger partial charge < -0.3 is 4.74 Å². The molecule has 0 radical (unpaired) electrons. The first-order valence-corrected chi connectivity index (χ1v) is 5.98. The number of carbonyl (C=O) groups excluding carboxylic acids is 1. The molecule has 2 rings (SSSR count). The van der Waals surface area contributed by atoms with Crippen LogP contribution in [0, 0.1) is 0 Å². The van der Waals surface area contributed by atoms with Crippen LogP contribution >= 0.6 is 11.6 Å². The molecule has 1 heterocycles. The summed E-state index contributed by atoms with van der Waals surface area (Å²) in [6.45, 7) is 1.92. The number of hydrogen-bond donors (Lipinski definition) is 0. The fourth-order valence-electron chi connectivity index (χ4n) is 2.00. The van der Waals surface area contributed by atoms with E-state index in [1.807, 2.05) is 25.1 Å². The number of cyclic esters (lactones) is 1. The van der Waals surface area contributed by atoms with Crippen molar-refractivity contribution in [1.82, 2.24) is 0 Å². The maximum absolute atomic E-state index is 11.3. The molecule has 0 bridgehead atoms. The van der Waals surface area contributed by atoms with Gasteiger partial charge in [-0.3, -0.25) is 0 Å². The first-order valence-electron chi connectivity index (χ1n) is 5.60. The predicted octanol–water partition coefficient (Wildman–Crippen LogP) is 2.93. The topological polar surface area (TPSA) is 26.3 Å². The minimum Gasteiger partial charge on any atom is -0.458 e. The Bertz CT molecular complexity index is 377. The quantitative estimate of drug-likeness (QED) is 0.596. The number of ether oxygens (including phenoxy) is 1. The number of alkyl halides is 1. The number of rotatable bonds is 4. The molecule has 2 nitrogen and oxygen atoms in total. The Balaban J connectivity index is 1.91. The first kappa shape index (κ1) is 11.5. The van der Waals surface area contributed by atoms with E-state index in [-0.39, 0.29) is 12.1 Å². The van der Waals surface area contributed by atoms with Gasteiger partial charge in [0.15, 0.2) is 4.87 Å². The zero-order valence-electron chi connectivity index (χ0n) is 9.28. The summed E-state index contributed by atoms with van der Waals surface area (Å²) in [5, 5.41) is 0. The molecule has 1 aliphatic heterocycles. The Morgan fingerprint density at radius 1 is 1.38 bits per heavy atom. The van der Waals surface area contributed by atoms with E-state index in [1.54, 1.807) is 0 Å². The normalized spacial score (nSPS) is 28.4. The Morgan fingerprint density at radius 2 is 2.06 bits per heavy atom. The summed E-state index contributed by atoms with van der Waals surface area (Å²) in [5.74, 6) is -0.269. The molecule has 1 fully saturated rings. The molecule has 86 valence electrons. The van der Waals surface area contributed by atoms with Gasteiger partial charge in [0.2, 0.25) is 0 Å². The van der Waals surface area contributed by atoms with Crippen molar-refractivity contribution in [3.05, 3.63) is 35.9 Å². The van der Waals surface area contributed by atoms with Crippen molar-refractivity contribution in [1.29, 1.82) is 0 Å². The van der Waals surface area contributed by atoms with Gasteiger partial charge in [-0.25, -0.2) is 4.79 Å². The summed E-state index contributed by atoms with van der Waals surface area (Å²) in [6.07, 6.45) is 2.19. The number of hydrogen-bond acceptors (Lipinski definition) is 2. The standard InChI is InChI=1S/C13H15ClO2/c1-2-13(14)11(16-12(13)15)9-8-10-6-4-3-5-7-10/h3-7,11H,2,8-9H2,1H3/t11-,13+/m1/s1. The third kappa shape index (κ3) is 1.94. The highest BCUT2D eigenvalue weighted by atomic mass is 35.5. The maximum atomic E-state index is 11.3. The van der Waals surface area contributed by atoms with Crippen LogP contribution in [-0.2, 0) is 16.0 Å². The van der Waals surface area contributed by atoms with E-state index in [9.17, 15) is 4.79 Å². The molecule has 1 aromatic carbocycles. The van der Waals surface area contributed by atoms with Crippen LogP contribution in [-0.4, -0.2) is 16.9 Å². The number of esters is 1. The molecule has 1 saturated heterocycles. The Morgan fingerprint density at radius 3 is 2.62 bits per heavy atom. The van der Waals surface area contributed by atoms with Crippen LogP contribution < -0.4 is 0 Å². The monoisotopic (exact) mass is 238 g/mol. The molecule has 1 aliphatic rings. The average Bonchev–Trinajstić information content (AvgIpc) is 2.34. The van der Waals surface area contributed by atoms with Crippen molar-refractivity contribution in [3.8, 4) is 0 Å². The Labute approximate surface area is 101 Å². The summed E-state index contributed by atoms with van der Waals surface area (Å²) in [6, 6.07) is 10.2. The van der Waals surface area contributed by atoms with E-state index >= 15 is 0 Å². The van der Waals surface area contributed by atoms with Crippen molar-refractivity contribution in [2.45, 2.75) is 37.2 Å². The van der Waals surface area contributed by atoms with E-state index in [0.29, 0.717) is 6.42 Å². The highest BCUT2D eigenvalue weighted by Gasteiger charge is 2.55. The second-order valence-electron chi connectivity index (χ2n) is 4.13. The van der Waals surface area contributed by atoms with Gasteiger partial charge in [-0.1, -0.05) is 37.3 Å². The third-order valence-corrected chi connectivity index (χ3v) is 3.82. The lowest BCUT2D eigenvalue weighted by atomic mass is 9.88. The average molecular weight is 239 g/mol. The number of halogens is 1. The van der Waals surface area contributed by atoms with E-state index in [4.69, 9.17) is 16.3 Å². The molecular weight excluding hydrogens is 224 g/mol. The fourth-order valence-corrected chi connectivity index (χ4v) is 2.19. The van der Waals surface area contributed by atoms with Gasteiger partial charge >= 0.3 is 5.97 Å². The lowest BCUT2D eigenvalue weighted by Gasteiger charge is -2.41. The van der Waals surface area contributed by atoms with Gasteiger partial charge in [0.1, 0.15) is 6.10 Å². The first-order chi connectivity index (χ1) is 7.66. The molecule has 0 aromatic heterocycles. The molecule has 3 heteroatoms. The molecular formula is C13H15ClO2. The smallest absolute Gasteiger partial charge is 0.331 e. The lowest BCUT2D eigenvalue weighted by molar-refractivity contribution is -0.180. The van der Waals surface area contributed by atoms with Crippen LogP contribution in [0.4, 0.5) is 0 Å². The van der Waals surface area contributed by atoms with Crippen molar-refractivity contribution >= 4 is 17.6 Å². The molecule has 2 atom stereocenters. The molecule has 0 spiro atoms. The maximum Gasteiger partial charge on any atom is 0.331 e. The molecule has 1 aromatic rings. The number of aryl methyl sites for hydroxylation is 1. The minimum atomic E-state index is -0.769. The van der Waals surface area contributed by atoms with Gasteiger partial charge in [0.25, 0.3) is 0 Å². The predicted molar refractivity (Wildman–Crippen MR) is 63.5 cm³/mol. The van der Waals surface area contributed by atoms with Gasteiger partial charge in [-0.2, -0.15) is 0 Å². The van der Waals surface area contributed by atoms with Crippen LogP contribution in [0.15, 0.2) is 30.3 Å². The largest absolute Gasteiger partial charge is 0.458 e. The van der Waals surface area contributed by atoms with Gasteiger partial charge in [-0.15, -0.1) is 11.6 Å². The zero-order chi connectivity index (χ0) is 11.6. The highest BCUT2D eigenvalue weighted by Crippen LogP contribution is 2.39. The SMILES string of the molecule is CC[C@@]1(Cl)C(=O)O[C@@H]1CCc1ccccc1. The van der Waals surface area contributed by atoms with Gasteiger partial charge in [0, 0.05) is 0 Å². The van der Waals surface area contributed by atoms with E-state index in [1.165, 1.54) is 5.56 Å². The van der Waals surface area contributed by atoms with Crippen LogP contribution in [0.25, 0.3) is 0 Å². The molecule has 16 heavy (non-hydrogen) atoms. The third-order valence-electron chi connectivity index (χ3n) is 3.15. The summed E-state index contributed by atoms with van der Waals surface area (Å²) in [4.78, 5) is 10.5. The number of benzene rings is 1. The van der Waals surface area contributed by atoms with Gasteiger partial charge in [0.05, 0.1) is 0 Å². The highest BCUT2D eigenvalue weighted by molar-refractivity contribution is 6.36. The molecule has 0 unspecified atom stereocenters.